The summed E-state index contributed by atoms with van der Waals surface area (Å²) in [6, 6.07) is 14.8. The predicted octanol–water partition coefficient (Wildman–Crippen LogP) is 3.28. The Kier molecular flexibility index (Phi) is 4.27. The van der Waals surface area contributed by atoms with Crippen LogP contribution in [0.1, 0.15) is 10.4 Å². The molecule has 6 heteroatoms. The molecule has 0 saturated heterocycles. The molecule has 0 aliphatic carbocycles. The number of carbonyl (C=O) groups is 1. The van der Waals surface area contributed by atoms with Crippen molar-refractivity contribution in [3.63, 3.8) is 0 Å². The number of nitrogens with one attached hydrogen (secondary N) is 1. The average Bonchev–Trinajstić information content (AvgIpc) is 2.60. The molecule has 0 atom stereocenters. The predicted molar refractivity (Wildman–Crippen MR) is 93.1 cm³/mol. The molecular formula is C17H14BrN3O2. The van der Waals surface area contributed by atoms with Crippen LogP contribution in [0, 0.1) is 0 Å². The number of pyridine rings is 1. The third-order valence-electron chi connectivity index (χ3n) is 3.53. The van der Waals surface area contributed by atoms with Crippen LogP contribution in [0.4, 0.5) is 0 Å². The first kappa shape index (κ1) is 15.5. The Bertz CT molecular complexity index is 879. The Morgan fingerprint density at radius 1 is 1.17 bits per heavy atom. The molecule has 1 aromatic heterocycles. The number of hydrazine groups is 1. The number of nitrogens with two attached hydrogens (primary N) is 1. The van der Waals surface area contributed by atoms with Crippen molar-refractivity contribution in [3.8, 4) is 17.0 Å². The van der Waals surface area contributed by atoms with Crippen LogP contribution in [0.2, 0.25) is 0 Å². The fraction of sp³-hybridized carbons (Fsp3) is 0.0588. The van der Waals surface area contributed by atoms with Gasteiger partial charge in [0.15, 0.2) is 0 Å². The van der Waals surface area contributed by atoms with E-state index in [4.69, 9.17) is 10.6 Å². The highest BCUT2D eigenvalue weighted by atomic mass is 79.9. The lowest BCUT2D eigenvalue weighted by molar-refractivity contribution is 0.0955. The molecule has 3 aromatic rings. The van der Waals surface area contributed by atoms with E-state index in [-0.39, 0.29) is 5.91 Å². The average molecular weight is 372 g/mol. The van der Waals surface area contributed by atoms with Gasteiger partial charge in [0, 0.05) is 15.4 Å². The number of hydrogen-bond donors (Lipinski definition) is 2. The van der Waals surface area contributed by atoms with Gasteiger partial charge in [0.2, 0.25) is 0 Å². The van der Waals surface area contributed by atoms with E-state index in [1.54, 1.807) is 13.2 Å². The van der Waals surface area contributed by atoms with Gasteiger partial charge in [-0.1, -0.05) is 15.9 Å². The lowest BCUT2D eigenvalue weighted by Gasteiger charge is -2.10. The highest BCUT2D eigenvalue weighted by Crippen LogP contribution is 2.28. The number of halogens is 1. The molecule has 2 aromatic carbocycles. The highest BCUT2D eigenvalue weighted by Gasteiger charge is 2.13. The molecule has 1 heterocycles. The van der Waals surface area contributed by atoms with Crippen LogP contribution < -0.4 is 16.0 Å². The standard InChI is InChI=1S/C17H14BrN3O2/c1-23-12-5-2-10(3-6-12)16-9-14(17(22)21-19)13-8-11(18)4-7-15(13)20-16/h2-9H,19H2,1H3,(H,21,22). The maximum Gasteiger partial charge on any atom is 0.265 e. The fourth-order valence-electron chi connectivity index (χ4n) is 2.37. The van der Waals surface area contributed by atoms with Gasteiger partial charge in [0.25, 0.3) is 5.91 Å². The smallest absolute Gasteiger partial charge is 0.265 e. The van der Waals surface area contributed by atoms with E-state index < -0.39 is 0 Å². The van der Waals surface area contributed by atoms with Gasteiger partial charge in [-0.3, -0.25) is 10.2 Å². The van der Waals surface area contributed by atoms with E-state index in [9.17, 15) is 4.79 Å². The minimum absolute atomic E-state index is 0.356. The van der Waals surface area contributed by atoms with Crippen LogP contribution in [-0.4, -0.2) is 18.0 Å². The minimum Gasteiger partial charge on any atom is -0.497 e. The van der Waals surface area contributed by atoms with Crippen molar-refractivity contribution in [2.45, 2.75) is 0 Å². The third kappa shape index (κ3) is 3.04. The number of methoxy groups -OCH3 is 1. The van der Waals surface area contributed by atoms with Crippen LogP contribution in [0.3, 0.4) is 0 Å². The summed E-state index contributed by atoms with van der Waals surface area (Å²) in [6.07, 6.45) is 0. The zero-order valence-corrected chi connectivity index (χ0v) is 13.9. The van der Waals surface area contributed by atoms with Gasteiger partial charge in [0.05, 0.1) is 23.9 Å². The Morgan fingerprint density at radius 2 is 1.91 bits per heavy atom. The Labute approximate surface area is 141 Å². The summed E-state index contributed by atoms with van der Waals surface area (Å²) < 4.78 is 6.03. The number of aromatic nitrogens is 1. The Morgan fingerprint density at radius 3 is 2.57 bits per heavy atom. The molecule has 23 heavy (non-hydrogen) atoms. The molecule has 3 rings (SSSR count). The van der Waals surface area contributed by atoms with Gasteiger partial charge in [-0.05, 0) is 48.5 Å². The highest BCUT2D eigenvalue weighted by molar-refractivity contribution is 9.10. The summed E-state index contributed by atoms with van der Waals surface area (Å²) in [5, 5.41) is 0.736. The summed E-state index contributed by atoms with van der Waals surface area (Å²) in [5.41, 5.74) is 4.97. The van der Waals surface area contributed by atoms with Crippen LogP contribution in [0.25, 0.3) is 22.2 Å². The zero-order chi connectivity index (χ0) is 16.4. The summed E-state index contributed by atoms with van der Waals surface area (Å²) in [7, 11) is 1.62. The van der Waals surface area contributed by atoms with Gasteiger partial charge in [-0.2, -0.15) is 0 Å². The summed E-state index contributed by atoms with van der Waals surface area (Å²) in [5.74, 6) is 5.72. The quantitative estimate of drug-likeness (QED) is 0.420. The number of nitrogen functional groups attached to an aromatic ring is 1. The van der Waals surface area contributed by atoms with Crippen molar-refractivity contribution in [2.24, 2.45) is 5.84 Å². The second-order valence-corrected chi connectivity index (χ2v) is 5.83. The van der Waals surface area contributed by atoms with Crippen molar-refractivity contribution < 1.29 is 9.53 Å². The van der Waals surface area contributed by atoms with Gasteiger partial charge in [-0.15, -0.1) is 0 Å². The van der Waals surface area contributed by atoms with Gasteiger partial charge >= 0.3 is 0 Å². The molecule has 0 aliphatic heterocycles. The molecule has 0 unspecified atom stereocenters. The number of hydrogen-bond acceptors (Lipinski definition) is 4. The maximum absolute atomic E-state index is 12.1. The number of rotatable bonds is 3. The van der Waals surface area contributed by atoms with Gasteiger partial charge in [-0.25, -0.2) is 10.8 Å². The molecule has 116 valence electrons. The third-order valence-corrected chi connectivity index (χ3v) is 4.03. The fourth-order valence-corrected chi connectivity index (χ4v) is 2.73. The van der Waals surface area contributed by atoms with Crippen LogP contribution in [0.15, 0.2) is 53.0 Å². The normalized spacial score (nSPS) is 10.6. The number of carbonyl (C=O) groups excluding carboxylic acids is 1. The molecule has 0 spiro atoms. The molecule has 3 N–H and O–H groups in total. The van der Waals surface area contributed by atoms with Crippen molar-refractivity contribution in [3.05, 3.63) is 58.6 Å². The molecular weight excluding hydrogens is 358 g/mol. The van der Waals surface area contributed by atoms with Gasteiger partial charge in [0.1, 0.15) is 5.75 Å². The largest absolute Gasteiger partial charge is 0.497 e. The molecule has 0 fully saturated rings. The van der Waals surface area contributed by atoms with E-state index in [1.807, 2.05) is 42.5 Å². The van der Waals surface area contributed by atoms with Crippen LogP contribution in [-0.2, 0) is 0 Å². The second-order valence-electron chi connectivity index (χ2n) is 4.92. The van der Waals surface area contributed by atoms with Crippen LogP contribution >= 0.6 is 15.9 Å². The summed E-state index contributed by atoms with van der Waals surface area (Å²) >= 11 is 3.41. The minimum atomic E-state index is -0.356. The van der Waals surface area contributed by atoms with E-state index in [0.29, 0.717) is 11.3 Å². The molecule has 0 bridgehead atoms. The Hall–Kier alpha value is -2.44. The van der Waals surface area contributed by atoms with Crippen molar-refractivity contribution in [2.75, 3.05) is 7.11 Å². The molecule has 1 amide bonds. The van der Waals surface area contributed by atoms with Crippen molar-refractivity contribution in [1.82, 2.24) is 10.4 Å². The number of amides is 1. The van der Waals surface area contributed by atoms with E-state index in [2.05, 4.69) is 26.3 Å². The summed E-state index contributed by atoms with van der Waals surface area (Å²) in [4.78, 5) is 16.8. The first-order valence-electron chi connectivity index (χ1n) is 6.88. The lowest BCUT2D eigenvalue weighted by atomic mass is 10.0. The monoisotopic (exact) mass is 371 g/mol. The van der Waals surface area contributed by atoms with E-state index >= 15 is 0 Å². The number of fused-ring (bicyclic) bond motifs is 1. The number of benzene rings is 2. The van der Waals surface area contributed by atoms with Crippen molar-refractivity contribution in [1.29, 1.82) is 0 Å². The van der Waals surface area contributed by atoms with E-state index in [1.165, 1.54) is 0 Å². The number of ether oxygens (including phenoxy) is 1. The molecule has 0 saturated carbocycles. The van der Waals surface area contributed by atoms with Crippen molar-refractivity contribution >= 4 is 32.7 Å². The number of nitrogens with zero attached hydrogens (tertiary/aromatic N) is 1. The van der Waals surface area contributed by atoms with E-state index in [0.717, 1.165) is 26.7 Å². The lowest BCUT2D eigenvalue weighted by Crippen LogP contribution is -2.30. The molecule has 5 nitrogen and oxygen atoms in total. The van der Waals surface area contributed by atoms with Crippen LogP contribution in [0.5, 0.6) is 5.75 Å². The SMILES string of the molecule is COc1ccc(-c2cc(C(=O)NN)c3cc(Br)ccc3n2)cc1. The topological polar surface area (TPSA) is 77.2 Å². The maximum atomic E-state index is 12.1. The Balaban J connectivity index is 2.21. The first-order valence-corrected chi connectivity index (χ1v) is 7.67. The second kappa shape index (κ2) is 6.36. The molecule has 0 radical (unpaired) electrons. The zero-order valence-electron chi connectivity index (χ0n) is 12.3. The first-order chi connectivity index (χ1) is 11.1. The molecule has 0 aliphatic rings. The van der Waals surface area contributed by atoms with Gasteiger partial charge < -0.3 is 4.74 Å². The summed E-state index contributed by atoms with van der Waals surface area (Å²) in [6.45, 7) is 0.